The van der Waals surface area contributed by atoms with Crippen molar-refractivity contribution in [1.82, 2.24) is 14.9 Å². The van der Waals surface area contributed by atoms with E-state index >= 15 is 0 Å². The highest BCUT2D eigenvalue weighted by Crippen LogP contribution is 2.17. The Hall–Kier alpha value is -2.96. The van der Waals surface area contributed by atoms with Crippen LogP contribution in [-0.4, -0.2) is 34.5 Å². The van der Waals surface area contributed by atoms with E-state index in [0.717, 1.165) is 31.4 Å². The van der Waals surface area contributed by atoms with E-state index in [-0.39, 0.29) is 24.1 Å². The van der Waals surface area contributed by atoms with Crippen LogP contribution in [-0.2, 0) is 11.3 Å². The maximum absolute atomic E-state index is 12.6. The molecule has 2 aromatic rings. The van der Waals surface area contributed by atoms with E-state index in [2.05, 4.69) is 10.3 Å². The molecule has 7 nitrogen and oxygen atoms in total. The number of rotatable bonds is 5. The van der Waals surface area contributed by atoms with Gasteiger partial charge in [0.1, 0.15) is 12.1 Å². The third-order valence-corrected chi connectivity index (χ3v) is 4.66. The number of hydrogen-bond acceptors (Lipinski definition) is 4. The molecule has 0 spiro atoms. The molecule has 1 aliphatic rings. The lowest BCUT2D eigenvalue weighted by atomic mass is 10.2. The van der Waals surface area contributed by atoms with E-state index in [1.165, 1.54) is 22.0 Å². The summed E-state index contributed by atoms with van der Waals surface area (Å²) < 4.78 is 1.17. The number of aromatic nitrogens is 2. The fourth-order valence-electron chi connectivity index (χ4n) is 3.10. The fraction of sp³-hybridized carbons (Fsp3) is 0.368. The molecule has 0 atom stereocenters. The van der Waals surface area contributed by atoms with Gasteiger partial charge < -0.3 is 10.2 Å². The van der Waals surface area contributed by atoms with Crippen LogP contribution in [0, 0.1) is 0 Å². The van der Waals surface area contributed by atoms with Crippen molar-refractivity contribution in [1.29, 1.82) is 0 Å². The molecular formula is C19H22N4O3. The Morgan fingerprint density at radius 3 is 2.62 bits per heavy atom. The number of anilines is 1. The molecule has 1 saturated carbocycles. The standard InChI is InChI=1S/C19H22N4O3/c1-22(15-9-3-2-4-10-15)17(24)12-23-13-20-11-16(19(23)26)18(25)21-14-7-5-6-8-14/h2-4,9-11,13-14H,5-8,12H2,1H3,(H,21,25). The zero-order chi connectivity index (χ0) is 18.5. The quantitative estimate of drug-likeness (QED) is 0.883. The van der Waals surface area contributed by atoms with Gasteiger partial charge in [0.2, 0.25) is 5.91 Å². The number of benzene rings is 1. The summed E-state index contributed by atoms with van der Waals surface area (Å²) >= 11 is 0. The molecule has 3 rings (SSSR count). The fourth-order valence-corrected chi connectivity index (χ4v) is 3.10. The van der Waals surface area contributed by atoms with Gasteiger partial charge in [0.05, 0.1) is 6.33 Å². The maximum atomic E-state index is 12.6. The Kier molecular flexibility index (Phi) is 5.46. The van der Waals surface area contributed by atoms with Gasteiger partial charge >= 0.3 is 0 Å². The van der Waals surface area contributed by atoms with Crippen molar-refractivity contribution in [3.63, 3.8) is 0 Å². The minimum absolute atomic E-state index is 0.0328. The first-order valence-corrected chi connectivity index (χ1v) is 8.73. The van der Waals surface area contributed by atoms with Crippen LogP contribution in [0.15, 0.2) is 47.7 Å². The van der Waals surface area contributed by atoms with E-state index in [0.29, 0.717) is 0 Å². The van der Waals surface area contributed by atoms with E-state index < -0.39 is 11.5 Å². The van der Waals surface area contributed by atoms with Crippen molar-refractivity contribution in [2.45, 2.75) is 38.3 Å². The Morgan fingerprint density at radius 1 is 1.23 bits per heavy atom. The van der Waals surface area contributed by atoms with Gasteiger partial charge in [-0.05, 0) is 25.0 Å². The number of carbonyl (C=O) groups excluding carboxylic acids is 2. The Bertz CT molecular complexity index is 841. The van der Waals surface area contributed by atoms with Crippen LogP contribution in [0.3, 0.4) is 0 Å². The molecule has 2 amide bonds. The first-order valence-electron chi connectivity index (χ1n) is 8.73. The van der Waals surface area contributed by atoms with Gasteiger partial charge in [0, 0.05) is 25.0 Å². The molecular weight excluding hydrogens is 332 g/mol. The molecule has 0 bridgehead atoms. The zero-order valence-electron chi connectivity index (χ0n) is 14.7. The molecule has 1 aliphatic carbocycles. The Morgan fingerprint density at radius 2 is 1.92 bits per heavy atom. The molecule has 7 heteroatoms. The summed E-state index contributed by atoms with van der Waals surface area (Å²) in [6.07, 6.45) is 6.58. The van der Waals surface area contributed by atoms with Crippen LogP contribution < -0.4 is 15.8 Å². The van der Waals surface area contributed by atoms with Gasteiger partial charge in [-0.2, -0.15) is 0 Å². The Balaban J connectivity index is 1.73. The smallest absolute Gasteiger partial charge is 0.266 e. The number of hydrogen-bond donors (Lipinski definition) is 1. The van der Waals surface area contributed by atoms with E-state index in [1.807, 2.05) is 30.3 Å². The number of nitrogens with one attached hydrogen (secondary N) is 1. The molecule has 1 heterocycles. The van der Waals surface area contributed by atoms with Crippen molar-refractivity contribution in [2.24, 2.45) is 0 Å². The average Bonchev–Trinajstić information content (AvgIpc) is 3.16. The number of carbonyl (C=O) groups is 2. The first kappa shape index (κ1) is 17.8. The average molecular weight is 354 g/mol. The highest BCUT2D eigenvalue weighted by atomic mass is 16.2. The third kappa shape index (κ3) is 3.99. The molecule has 1 aromatic heterocycles. The van der Waals surface area contributed by atoms with Crippen LogP contribution in [0.5, 0.6) is 0 Å². The van der Waals surface area contributed by atoms with Gasteiger partial charge in [-0.25, -0.2) is 4.98 Å². The highest BCUT2D eigenvalue weighted by Gasteiger charge is 2.21. The van der Waals surface area contributed by atoms with Gasteiger partial charge in [-0.15, -0.1) is 0 Å². The van der Waals surface area contributed by atoms with Crippen LogP contribution in [0.25, 0.3) is 0 Å². The lowest BCUT2D eigenvalue weighted by Crippen LogP contribution is -2.40. The van der Waals surface area contributed by atoms with Crippen LogP contribution in [0.1, 0.15) is 36.0 Å². The van der Waals surface area contributed by atoms with Gasteiger partial charge in [-0.3, -0.25) is 19.0 Å². The monoisotopic (exact) mass is 354 g/mol. The second kappa shape index (κ2) is 7.95. The van der Waals surface area contributed by atoms with Crippen molar-refractivity contribution in [3.05, 3.63) is 58.8 Å². The molecule has 0 unspecified atom stereocenters. The lowest BCUT2D eigenvalue weighted by molar-refractivity contribution is -0.118. The number of amides is 2. The normalized spacial score (nSPS) is 14.2. The van der Waals surface area contributed by atoms with Crippen molar-refractivity contribution in [3.8, 4) is 0 Å². The second-order valence-corrected chi connectivity index (χ2v) is 6.48. The molecule has 0 radical (unpaired) electrons. The van der Waals surface area contributed by atoms with Crippen molar-refractivity contribution < 1.29 is 9.59 Å². The maximum Gasteiger partial charge on any atom is 0.266 e. The summed E-state index contributed by atoms with van der Waals surface area (Å²) in [4.78, 5) is 42.8. The second-order valence-electron chi connectivity index (χ2n) is 6.48. The summed E-state index contributed by atoms with van der Waals surface area (Å²) in [5.41, 5.74) is 0.188. The number of nitrogens with zero attached hydrogens (tertiary/aromatic N) is 3. The molecule has 136 valence electrons. The molecule has 0 aliphatic heterocycles. The topological polar surface area (TPSA) is 84.3 Å². The van der Waals surface area contributed by atoms with Crippen LogP contribution >= 0.6 is 0 Å². The number of likely N-dealkylation sites (N-methyl/N-ethyl adjacent to an activating group) is 1. The summed E-state index contributed by atoms with van der Waals surface area (Å²) in [5.74, 6) is -0.693. The predicted molar refractivity (Wildman–Crippen MR) is 98.1 cm³/mol. The minimum Gasteiger partial charge on any atom is -0.349 e. The SMILES string of the molecule is CN(C(=O)Cn1cncc(C(=O)NC2CCCC2)c1=O)c1ccccc1. The summed E-state index contributed by atoms with van der Waals surface area (Å²) in [7, 11) is 1.65. The largest absolute Gasteiger partial charge is 0.349 e. The zero-order valence-corrected chi connectivity index (χ0v) is 14.7. The van der Waals surface area contributed by atoms with E-state index in [4.69, 9.17) is 0 Å². The third-order valence-electron chi connectivity index (χ3n) is 4.66. The summed E-state index contributed by atoms with van der Waals surface area (Å²) in [6, 6.07) is 9.26. The predicted octanol–water partition coefficient (Wildman–Crippen LogP) is 1.58. The van der Waals surface area contributed by atoms with E-state index in [1.54, 1.807) is 7.05 Å². The summed E-state index contributed by atoms with van der Waals surface area (Å²) in [6.45, 7) is -0.179. The van der Waals surface area contributed by atoms with Crippen LogP contribution in [0.4, 0.5) is 5.69 Å². The number of para-hydroxylation sites is 1. The van der Waals surface area contributed by atoms with Gasteiger partial charge in [0.15, 0.2) is 0 Å². The molecule has 0 saturated heterocycles. The van der Waals surface area contributed by atoms with Crippen LogP contribution in [0.2, 0.25) is 0 Å². The van der Waals surface area contributed by atoms with Gasteiger partial charge in [-0.1, -0.05) is 31.0 Å². The van der Waals surface area contributed by atoms with Gasteiger partial charge in [0.25, 0.3) is 11.5 Å². The molecule has 26 heavy (non-hydrogen) atoms. The molecule has 1 fully saturated rings. The van der Waals surface area contributed by atoms with E-state index in [9.17, 15) is 14.4 Å². The lowest BCUT2D eigenvalue weighted by Gasteiger charge is -2.18. The Labute approximate surface area is 151 Å². The minimum atomic E-state index is -0.509. The first-order chi connectivity index (χ1) is 12.6. The molecule has 1 N–H and O–H groups in total. The van der Waals surface area contributed by atoms with Crippen molar-refractivity contribution in [2.75, 3.05) is 11.9 Å². The van der Waals surface area contributed by atoms with Crippen molar-refractivity contribution >= 4 is 17.5 Å². The molecule has 1 aromatic carbocycles. The highest BCUT2D eigenvalue weighted by molar-refractivity contribution is 5.94. The summed E-state index contributed by atoms with van der Waals surface area (Å²) in [5, 5.41) is 2.88.